The molecule has 10 atom stereocenters. The van der Waals surface area contributed by atoms with E-state index in [0.29, 0.717) is 37.7 Å². The van der Waals surface area contributed by atoms with Gasteiger partial charge in [-0.1, -0.05) is 26.8 Å². The van der Waals surface area contributed by atoms with Crippen LogP contribution in [0, 0.1) is 28.6 Å². The Bertz CT molecular complexity index is 1070. The smallest absolute Gasteiger partial charge is 0.333 e. The number of carbonyl (C=O) groups excluding carboxylic acids is 2. The van der Waals surface area contributed by atoms with E-state index in [1.54, 1.807) is 6.92 Å². The Morgan fingerprint density at radius 1 is 1.00 bits per heavy atom. The third-order valence-electron chi connectivity index (χ3n) is 12.7. The average molecular weight is 517 g/mol. The molecule has 0 aromatic rings. The quantitative estimate of drug-likeness (QED) is 0.530. The van der Waals surface area contributed by atoms with Crippen molar-refractivity contribution in [2.24, 2.45) is 28.6 Å². The Labute approximate surface area is 220 Å². The number of aliphatic hydroxyl groups is 2. The summed E-state index contributed by atoms with van der Waals surface area (Å²) in [4.78, 5) is 24.8. The molecule has 0 aromatic heterocycles. The van der Waals surface area contributed by atoms with Crippen LogP contribution in [0.5, 0.6) is 0 Å². The van der Waals surface area contributed by atoms with Gasteiger partial charge >= 0.3 is 11.9 Å². The Kier molecular flexibility index (Phi) is 5.30. The molecule has 7 nitrogen and oxygen atoms in total. The standard InChI is InChI=1S/C30H44O7/c1-17-7-8-19(35-24(17)32)18(2)30(34)14-11-26(5)21-10-9-20-25(3,4)36-22-15-23(31)37-29(20,22)16-28(21,33)13-12-27(26,30)6/h7,18-22,33-34H,8-16H2,1-6H3/t18-,19+,20+,21+,22-,26+,27+,28+,29-,30-/m1/s1. The molecule has 3 aliphatic heterocycles. The van der Waals surface area contributed by atoms with E-state index in [1.807, 2.05) is 13.0 Å². The molecular formula is C30H44O7. The van der Waals surface area contributed by atoms with Crippen LogP contribution in [0.4, 0.5) is 0 Å². The van der Waals surface area contributed by atoms with E-state index in [1.165, 1.54) is 0 Å². The van der Waals surface area contributed by atoms with Gasteiger partial charge in [-0.05, 0) is 70.6 Å². The van der Waals surface area contributed by atoms with Crippen LogP contribution in [0.1, 0.15) is 99.3 Å². The predicted octanol–water partition coefficient (Wildman–Crippen LogP) is 4.23. The number of rotatable bonds is 2. The zero-order valence-electron chi connectivity index (χ0n) is 23.3. The van der Waals surface area contributed by atoms with Crippen LogP contribution in [0.3, 0.4) is 0 Å². The molecule has 3 heterocycles. The van der Waals surface area contributed by atoms with Crippen molar-refractivity contribution in [1.29, 1.82) is 0 Å². The van der Waals surface area contributed by atoms with Crippen LogP contribution >= 0.6 is 0 Å². The van der Waals surface area contributed by atoms with E-state index in [2.05, 4.69) is 27.7 Å². The number of cyclic esters (lactones) is 1. The summed E-state index contributed by atoms with van der Waals surface area (Å²) in [5.41, 5.74) is -3.36. The highest BCUT2D eigenvalue weighted by Crippen LogP contribution is 2.73. The number of esters is 2. The highest BCUT2D eigenvalue weighted by Gasteiger charge is 2.76. The summed E-state index contributed by atoms with van der Waals surface area (Å²) < 4.78 is 18.3. The molecule has 0 amide bonds. The van der Waals surface area contributed by atoms with Crippen LogP contribution in [-0.4, -0.2) is 56.8 Å². The van der Waals surface area contributed by atoms with Gasteiger partial charge in [0.1, 0.15) is 17.8 Å². The van der Waals surface area contributed by atoms with Crippen LogP contribution in [0.2, 0.25) is 0 Å². The zero-order chi connectivity index (χ0) is 26.8. The van der Waals surface area contributed by atoms with Crippen LogP contribution in [0.25, 0.3) is 0 Å². The van der Waals surface area contributed by atoms with Gasteiger partial charge in [-0.25, -0.2) is 4.79 Å². The molecule has 206 valence electrons. The Morgan fingerprint density at radius 2 is 1.70 bits per heavy atom. The molecule has 0 aromatic carbocycles. The lowest BCUT2D eigenvalue weighted by Gasteiger charge is -2.62. The van der Waals surface area contributed by atoms with Crippen molar-refractivity contribution >= 4 is 11.9 Å². The number of hydrogen-bond donors (Lipinski definition) is 2. The number of carbonyl (C=O) groups is 2. The molecule has 5 fully saturated rings. The zero-order valence-corrected chi connectivity index (χ0v) is 23.3. The molecule has 0 unspecified atom stereocenters. The number of ether oxygens (including phenoxy) is 3. The normalized spacial score (nSPS) is 53.1. The number of hydrogen-bond acceptors (Lipinski definition) is 7. The van der Waals surface area contributed by atoms with Gasteiger partial charge in [0.05, 0.1) is 23.2 Å². The summed E-state index contributed by atoms with van der Waals surface area (Å²) >= 11 is 0. The van der Waals surface area contributed by atoms with Crippen molar-refractivity contribution in [3.63, 3.8) is 0 Å². The lowest BCUT2D eigenvalue weighted by molar-refractivity contribution is -0.231. The summed E-state index contributed by atoms with van der Waals surface area (Å²) in [7, 11) is 0. The van der Waals surface area contributed by atoms with E-state index in [0.717, 1.165) is 19.3 Å². The van der Waals surface area contributed by atoms with Crippen molar-refractivity contribution in [3.8, 4) is 0 Å². The van der Waals surface area contributed by atoms with Gasteiger partial charge in [0, 0.05) is 35.7 Å². The molecule has 1 spiro atoms. The summed E-state index contributed by atoms with van der Waals surface area (Å²) in [5.74, 6) is -0.760. The first-order valence-electron chi connectivity index (χ1n) is 14.3. The second-order valence-corrected chi connectivity index (χ2v) is 14.3. The van der Waals surface area contributed by atoms with E-state index in [-0.39, 0.29) is 53.7 Å². The summed E-state index contributed by atoms with van der Waals surface area (Å²) in [6.45, 7) is 12.5. The Morgan fingerprint density at radius 3 is 2.41 bits per heavy atom. The second-order valence-electron chi connectivity index (χ2n) is 14.3. The minimum absolute atomic E-state index is 0.0248. The van der Waals surface area contributed by atoms with Crippen molar-refractivity contribution in [1.82, 2.24) is 0 Å². The van der Waals surface area contributed by atoms with Gasteiger partial charge in [-0.15, -0.1) is 0 Å². The molecule has 3 aliphatic carbocycles. The van der Waals surface area contributed by atoms with Crippen molar-refractivity contribution in [3.05, 3.63) is 11.6 Å². The average Bonchev–Trinajstić information content (AvgIpc) is 3.24. The lowest BCUT2D eigenvalue weighted by Crippen LogP contribution is -2.64. The van der Waals surface area contributed by atoms with Gasteiger partial charge in [-0.2, -0.15) is 0 Å². The van der Waals surface area contributed by atoms with Gasteiger partial charge in [0.2, 0.25) is 0 Å². The topological polar surface area (TPSA) is 102 Å². The largest absolute Gasteiger partial charge is 0.458 e. The maximum atomic E-state index is 12.5. The first-order chi connectivity index (χ1) is 17.1. The highest BCUT2D eigenvalue weighted by molar-refractivity contribution is 5.88. The molecule has 7 heteroatoms. The van der Waals surface area contributed by atoms with Crippen molar-refractivity contribution < 1.29 is 34.0 Å². The maximum Gasteiger partial charge on any atom is 0.333 e. The minimum atomic E-state index is -1.02. The second kappa shape index (κ2) is 7.60. The van der Waals surface area contributed by atoms with Crippen molar-refractivity contribution in [2.45, 2.75) is 134 Å². The first-order valence-corrected chi connectivity index (χ1v) is 14.3. The Hall–Kier alpha value is -1.44. The van der Waals surface area contributed by atoms with Gasteiger partial charge in [0.15, 0.2) is 0 Å². The molecule has 6 rings (SSSR count). The molecule has 2 N–H and O–H groups in total. The van der Waals surface area contributed by atoms with E-state index >= 15 is 0 Å². The SMILES string of the molecule is CC1=CC[C@@H]([C@@H](C)[C@]2(O)CC[C@@]3(C)[C@@H]4CC[C@H]5C(C)(C)O[C@@H]6CC(=O)O[C@@]65C[C@@]4(O)CC[C@@]32C)OC1=O. The third-order valence-corrected chi connectivity index (χ3v) is 12.7. The summed E-state index contributed by atoms with van der Waals surface area (Å²) in [6, 6.07) is 0. The van der Waals surface area contributed by atoms with Crippen LogP contribution < -0.4 is 0 Å². The van der Waals surface area contributed by atoms with Gasteiger partial charge < -0.3 is 24.4 Å². The van der Waals surface area contributed by atoms with Gasteiger partial charge in [-0.3, -0.25) is 4.79 Å². The predicted molar refractivity (Wildman–Crippen MR) is 135 cm³/mol. The van der Waals surface area contributed by atoms with Crippen LogP contribution in [-0.2, 0) is 23.8 Å². The molecule has 0 radical (unpaired) electrons. The fourth-order valence-electron chi connectivity index (χ4n) is 10.4. The van der Waals surface area contributed by atoms with E-state index in [9.17, 15) is 19.8 Å². The molecule has 0 bridgehead atoms. The molecule has 37 heavy (non-hydrogen) atoms. The van der Waals surface area contributed by atoms with Crippen LogP contribution in [0.15, 0.2) is 11.6 Å². The third kappa shape index (κ3) is 3.11. The maximum absolute atomic E-state index is 12.5. The molecule has 3 saturated carbocycles. The monoisotopic (exact) mass is 516 g/mol. The summed E-state index contributed by atoms with van der Waals surface area (Å²) in [6.07, 6.45) is 6.76. The summed E-state index contributed by atoms with van der Waals surface area (Å²) in [5, 5.41) is 24.9. The Balaban J connectivity index is 1.35. The van der Waals surface area contributed by atoms with Gasteiger partial charge in [0.25, 0.3) is 0 Å². The molecular weight excluding hydrogens is 472 g/mol. The fourth-order valence-corrected chi connectivity index (χ4v) is 10.4. The highest BCUT2D eigenvalue weighted by atomic mass is 16.6. The first kappa shape index (κ1) is 25.8. The molecule has 6 aliphatic rings. The van der Waals surface area contributed by atoms with Crippen molar-refractivity contribution in [2.75, 3.05) is 0 Å². The van der Waals surface area contributed by atoms with E-state index < -0.39 is 27.8 Å². The fraction of sp³-hybridized carbons (Fsp3) is 0.867. The van der Waals surface area contributed by atoms with E-state index in [4.69, 9.17) is 14.2 Å². The lowest BCUT2D eigenvalue weighted by atomic mass is 9.45. The molecule has 2 saturated heterocycles. The minimum Gasteiger partial charge on any atom is -0.458 e. The number of fused-ring (bicyclic) bond motifs is 3.